The summed E-state index contributed by atoms with van der Waals surface area (Å²) in [5.74, 6) is 1.40. The summed E-state index contributed by atoms with van der Waals surface area (Å²) in [6.07, 6.45) is 0. The minimum atomic E-state index is 0.604. The molecule has 0 saturated carbocycles. The van der Waals surface area contributed by atoms with Gasteiger partial charge in [-0.15, -0.1) is 0 Å². The number of hydrogen-bond acceptors (Lipinski definition) is 1. The Hall–Kier alpha value is -1.47. The average Bonchev–Trinajstić information content (AvgIpc) is 2.22. The van der Waals surface area contributed by atoms with E-state index in [0.29, 0.717) is 10.8 Å². The standard InChI is InChI=1S/C13H10ClO/c1-10-5-4-6-11(9-10)15-13-8-3-2-7-12(13)14/h2-9H,1H2. The Bertz CT molecular complexity index is 466. The largest absolute Gasteiger partial charge is 0.456 e. The van der Waals surface area contributed by atoms with Gasteiger partial charge in [0.05, 0.1) is 5.02 Å². The highest BCUT2D eigenvalue weighted by molar-refractivity contribution is 6.32. The normalized spacial score (nSPS) is 10.0. The molecule has 2 aromatic carbocycles. The molecule has 2 aromatic rings. The number of rotatable bonds is 2. The van der Waals surface area contributed by atoms with Crippen LogP contribution in [0, 0.1) is 6.92 Å². The fourth-order valence-corrected chi connectivity index (χ4v) is 1.44. The van der Waals surface area contributed by atoms with Gasteiger partial charge in [0.15, 0.2) is 0 Å². The summed E-state index contributed by atoms with van der Waals surface area (Å²) in [6.45, 7) is 3.83. The van der Waals surface area contributed by atoms with Crippen molar-refractivity contribution in [3.05, 3.63) is 66.0 Å². The van der Waals surface area contributed by atoms with Crippen LogP contribution in [0.15, 0.2) is 48.5 Å². The van der Waals surface area contributed by atoms with Crippen molar-refractivity contribution >= 4 is 11.6 Å². The smallest absolute Gasteiger partial charge is 0.146 e. The van der Waals surface area contributed by atoms with Gasteiger partial charge in [-0.3, -0.25) is 0 Å². The second kappa shape index (κ2) is 4.37. The van der Waals surface area contributed by atoms with E-state index in [1.165, 1.54) is 0 Å². The predicted octanol–water partition coefficient (Wildman–Crippen LogP) is 4.31. The highest BCUT2D eigenvalue weighted by atomic mass is 35.5. The topological polar surface area (TPSA) is 9.23 Å². The Morgan fingerprint density at radius 2 is 1.80 bits per heavy atom. The third kappa shape index (κ3) is 2.51. The summed E-state index contributed by atoms with van der Waals surface area (Å²) < 4.78 is 5.62. The van der Waals surface area contributed by atoms with Crippen LogP contribution < -0.4 is 4.74 Å². The summed E-state index contributed by atoms with van der Waals surface area (Å²) in [4.78, 5) is 0. The molecule has 2 heteroatoms. The lowest BCUT2D eigenvalue weighted by atomic mass is 10.2. The first-order chi connectivity index (χ1) is 7.25. The van der Waals surface area contributed by atoms with Gasteiger partial charge < -0.3 is 4.74 Å². The highest BCUT2D eigenvalue weighted by Crippen LogP contribution is 2.28. The SMILES string of the molecule is [CH2]c1cccc(Oc2ccccc2Cl)c1. The lowest BCUT2D eigenvalue weighted by Crippen LogP contribution is -1.85. The fourth-order valence-electron chi connectivity index (χ4n) is 1.26. The Labute approximate surface area is 94.3 Å². The number of para-hydroxylation sites is 1. The van der Waals surface area contributed by atoms with E-state index in [-0.39, 0.29) is 0 Å². The van der Waals surface area contributed by atoms with Crippen LogP contribution in [0.2, 0.25) is 5.02 Å². The quantitative estimate of drug-likeness (QED) is 0.728. The van der Waals surface area contributed by atoms with E-state index < -0.39 is 0 Å². The van der Waals surface area contributed by atoms with Crippen LogP contribution in [0.4, 0.5) is 0 Å². The number of benzene rings is 2. The van der Waals surface area contributed by atoms with Gasteiger partial charge in [0, 0.05) is 0 Å². The van der Waals surface area contributed by atoms with Crippen LogP contribution in [0.25, 0.3) is 0 Å². The van der Waals surface area contributed by atoms with Crippen LogP contribution in [-0.4, -0.2) is 0 Å². The summed E-state index contributed by atoms with van der Waals surface area (Å²) in [7, 11) is 0. The molecule has 0 atom stereocenters. The van der Waals surface area contributed by atoms with E-state index in [9.17, 15) is 0 Å². The van der Waals surface area contributed by atoms with Gasteiger partial charge in [-0.1, -0.05) is 35.9 Å². The maximum atomic E-state index is 5.97. The molecule has 1 nitrogen and oxygen atoms in total. The van der Waals surface area contributed by atoms with Crippen LogP contribution in [-0.2, 0) is 0 Å². The molecule has 0 aliphatic heterocycles. The molecule has 75 valence electrons. The van der Waals surface area contributed by atoms with Crippen molar-refractivity contribution in [1.82, 2.24) is 0 Å². The third-order valence-corrected chi connectivity index (χ3v) is 2.28. The summed E-state index contributed by atoms with van der Waals surface area (Å²) in [5, 5.41) is 0.604. The van der Waals surface area contributed by atoms with E-state index >= 15 is 0 Å². The number of ether oxygens (including phenoxy) is 1. The van der Waals surface area contributed by atoms with Crippen molar-refractivity contribution in [2.45, 2.75) is 0 Å². The lowest BCUT2D eigenvalue weighted by Gasteiger charge is -2.07. The van der Waals surface area contributed by atoms with Crippen molar-refractivity contribution in [1.29, 1.82) is 0 Å². The Balaban J connectivity index is 2.26. The summed E-state index contributed by atoms with van der Waals surface area (Å²) in [5.41, 5.74) is 0.916. The van der Waals surface area contributed by atoms with E-state index in [2.05, 4.69) is 6.92 Å². The van der Waals surface area contributed by atoms with E-state index in [0.717, 1.165) is 11.3 Å². The molecule has 0 fully saturated rings. The van der Waals surface area contributed by atoms with E-state index in [1.807, 2.05) is 42.5 Å². The molecule has 0 aliphatic rings. The van der Waals surface area contributed by atoms with Crippen LogP contribution in [0.3, 0.4) is 0 Å². The van der Waals surface area contributed by atoms with Crippen molar-refractivity contribution in [3.8, 4) is 11.5 Å². The molecule has 0 aliphatic carbocycles. The molecule has 0 heterocycles. The third-order valence-electron chi connectivity index (χ3n) is 1.96. The number of hydrogen-bond donors (Lipinski definition) is 0. The fraction of sp³-hybridized carbons (Fsp3) is 0. The molecule has 0 aromatic heterocycles. The highest BCUT2D eigenvalue weighted by Gasteiger charge is 2.01. The number of halogens is 1. The maximum absolute atomic E-state index is 5.97. The average molecular weight is 218 g/mol. The van der Waals surface area contributed by atoms with Crippen molar-refractivity contribution in [3.63, 3.8) is 0 Å². The molecule has 0 bridgehead atoms. The van der Waals surface area contributed by atoms with E-state index in [1.54, 1.807) is 6.07 Å². The van der Waals surface area contributed by atoms with Crippen molar-refractivity contribution in [2.75, 3.05) is 0 Å². The minimum absolute atomic E-state index is 0.604. The zero-order chi connectivity index (χ0) is 10.7. The first-order valence-corrected chi connectivity index (χ1v) is 4.98. The first-order valence-electron chi connectivity index (χ1n) is 4.60. The molecule has 0 amide bonds. The van der Waals surface area contributed by atoms with Crippen LogP contribution >= 0.6 is 11.6 Å². The minimum Gasteiger partial charge on any atom is -0.456 e. The van der Waals surface area contributed by atoms with Gasteiger partial charge in [0.1, 0.15) is 11.5 Å². The van der Waals surface area contributed by atoms with Gasteiger partial charge in [0.25, 0.3) is 0 Å². The molecule has 15 heavy (non-hydrogen) atoms. The summed E-state index contributed by atoms with van der Waals surface area (Å²) >= 11 is 5.97. The molecule has 0 spiro atoms. The lowest BCUT2D eigenvalue weighted by molar-refractivity contribution is 0.483. The second-order valence-electron chi connectivity index (χ2n) is 3.18. The van der Waals surface area contributed by atoms with E-state index in [4.69, 9.17) is 16.3 Å². The van der Waals surface area contributed by atoms with Gasteiger partial charge >= 0.3 is 0 Å². The molecular formula is C13H10ClO. The predicted molar refractivity (Wildman–Crippen MR) is 62.4 cm³/mol. The van der Waals surface area contributed by atoms with Crippen molar-refractivity contribution < 1.29 is 4.74 Å². The zero-order valence-corrected chi connectivity index (χ0v) is 8.87. The zero-order valence-electron chi connectivity index (χ0n) is 8.11. The van der Waals surface area contributed by atoms with Crippen LogP contribution in [0.1, 0.15) is 5.56 Å². The molecule has 0 saturated heterocycles. The summed E-state index contributed by atoms with van der Waals surface area (Å²) in [6, 6.07) is 14.9. The molecule has 0 N–H and O–H groups in total. The second-order valence-corrected chi connectivity index (χ2v) is 3.59. The maximum Gasteiger partial charge on any atom is 0.146 e. The Morgan fingerprint density at radius 1 is 1.00 bits per heavy atom. The Morgan fingerprint density at radius 3 is 2.53 bits per heavy atom. The van der Waals surface area contributed by atoms with Crippen LogP contribution in [0.5, 0.6) is 11.5 Å². The monoisotopic (exact) mass is 217 g/mol. The Kier molecular flexibility index (Phi) is 2.93. The molecular weight excluding hydrogens is 208 g/mol. The first kappa shape index (κ1) is 10.1. The van der Waals surface area contributed by atoms with Crippen molar-refractivity contribution in [2.24, 2.45) is 0 Å². The van der Waals surface area contributed by atoms with Gasteiger partial charge in [0.2, 0.25) is 0 Å². The molecule has 0 unspecified atom stereocenters. The molecule has 2 rings (SSSR count). The van der Waals surface area contributed by atoms with Gasteiger partial charge in [-0.2, -0.15) is 0 Å². The molecule has 1 radical (unpaired) electrons. The van der Waals surface area contributed by atoms with Gasteiger partial charge in [-0.25, -0.2) is 0 Å². The van der Waals surface area contributed by atoms with Gasteiger partial charge in [-0.05, 0) is 36.8 Å².